The third-order valence-corrected chi connectivity index (χ3v) is 5.39. The largest absolute Gasteiger partial charge is 0.491 e. The number of aromatic nitrogens is 1. The van der Waals surface area contributed by atoms with E-state index in [2.05, 4.69) is 10.4 Å². The Morgan fingerprint density at radius 3 is 2.42 bits per heavy atom. The van der Waals surface area contributed by atoms with Gasteiger partial charge in [-0.15, -0.1) is 0 Å². The van der Waals surface area contributed by atoms with E-state index in [9.17, 15) is 9.59 Å². The Bertz CT molecular complexity index is 720. The molecule has 1 aliphatic rings. The fourth-order valence-corrected chi connectivity index (χ4v) is 2.90. The van der Waals surface area contributed by atoms with Crippen molar-refractivity contribution in [3.05, 3.63) is 35.1 Å². The lowest BCUT2D eigenvalue weighted by Gasteiger charge is -2.32. The van der Waals surface area contributed by atoms with E-state index >= 15 is 0 Å². The molecule has 1 amide bonds. The summed E-state index contributed by atoms with van der Waals surface area (Å²) in [5.41, 5.74) is 2.93. The molecular formula is C17H24BN3O4S. The van der Waals surface area contributed by atoms with Gasteiger partial charge in [-0.3, -0.25) is 20.0 Å². The molecule has 0 unspecified atom stereocenters. The quantitative estimate of drug-likeness (QED) is 0.350. The van der Waals surface area contributed by atoms with Crippen LogP contribution in [0.25, 0.3) is 6.08 Å². The molecule has 0 saturated carbocycles. The molecule has 1 saturated heterocycles. The maximum absolute atomic E-state index is 11.7. The number of nitrogens with two attached hydrogens (primary N) is 1. The highest BCUT2D eigenvalue weighted by atomic mass is 32.2. The van der Waals surface area contributed by atoms with Crippen LogP contribution < -0.4 is 11.3 Å². The lowest BCUT2D eigenvalue weighted by Crippen LogP contribution is -2.41. The van der Waals surface area contributed by atoms with Gasteiger partial charge in [0.1, 0.15) is 0 Å². The second kappa shape index (κ2) is 7.91. The Morgan fingerprint density at radius 2 is 1.88 bits per heavy atom. The molecule has 1 fully saturated rings. The molecule has 3 N–H and O–H groups in total. The van der Waals surface area contributed by atoms with Crippen LogP contribution in [0.4, 0.5) is 0 Å². The summed E-state index contributed by atoms with van der Waals surface area (Å²) in [5, 5.41) is 0.00167. The number of nitrogens with one attached hydrogen (secondary N) is 1. The van der Waals surface area contributed by atoms with Crippen LogP contribution in [0.2, 0.25) is 0 Å². The zero-order valence-corrected chi connectivity index (χ0v) is 16.5. The molecule has 140 valence electrons. The van der Waals surface area contributed by atoms with Crippen molar-refractivity contribution >= 4 is 36.0 Å². The van der Waals surface area contributed by atoms with E-state index in [0.717, 1.165) is 5.47 Å². The molecule has 1 aromatic heterocycles. The van der Waals surface area contributed by atoms with Crippen molar-refractivity contribution in [3.8, 4) is 0 Å². The molecule has 1 aliphatic heterocycles. The molecular weight excluding hydrogens is 353 g/mol. The molecule has 0 radical (unpaired) electrons. The average Bonchev–Trinajstić information content (AvgIpc) is 2.78. The molecule has 0 spiro atoms. The normalized spacial score (nSPS) is 18.7. The van der Waals surface area contributed by atoms with Gasteiger partial charge >= 0.3 is 7.12 Å². The number of carbonyl (C=O) groups excluding carboxylic acids is 2. The van der Waals surface area contributed by atoms with Crippen LogP contribution >= 0.6 is 11.8 Å². The van der Waals surface area contributed by atoms with Gasteiger partial charge in [0.05, 0.1) is 16.8 Å². The minimum absolute atomic E-state index is 0.00167. The van der Waals surface area contributed by atoms with Crippen LogP contribution in [-0.2, 0) is 14.1 Å². The van der Waals surface area contributed by atoms with Crippen LogP contribution in [0.5, 0.6) is 0 Å². The van der Waals surface area contributed by atoms with Crippen molar-refractivity contribution in [2.24, 2.45) is 5.84 Å². The minimum Gasteiger partial charge on any atom is -0.400 e. The number of carbonyl (C=O) groups is 2. The predicted molar refractivity (Wildman–Crippen MR) is 103 cm³/mol. The molecule has 7 nitrogen and oxygen atoms in total. The lowest BCUT2D eigenvalue weighted by atomic mass is 9.78. The van der Waals surface area contributed by atoms with Crippen LogP contribution in [0, 0.1) is 0 Å². The molecule has 26 heavy (non-hydrogen) atoms. The summed E-state index contributed by atoms with van der Waals surface area (Å²) in [5.74, 6) is 5.16. The van der Waals surface area contributed by atoms with Crippen molar-refractivity contribution in [3.63, 3.8) is 0 Å². The van der Waals surface area contributed by atoms with Crippen LogP contribution in [-0.4, -0.2) is 40.1 Å². The number of nitrogens with zero attached hydrogens (tertiary/aromatic N) is 1. The van der Waals surface area contributed by atoms with Gasteiger partial charge in [-0.2, -0.15) is 0 Å². The maximum atomic E-state index is 11.7. The first-order valence-electron chi connectivity index (χ1n) is 8.21. The number of hydrazine groups is 1. The topological polar surface area (TPSA) is 104 Å². The van der Waals surface area contributed by atoms with Crippen molar-refractivity contribution in [1.82, 2.24) is 10.4 Å². The van der Waals surface area contributed by atoms with E-state index in [-0.39, 0.29) is 5.12 Å². The maximum Gasteiger partial charge on any atom is 0.491 e. The number of hydrogen-bond acceptors (Lipinski definition) is 7. The first-order valence-corrected chi connectivity index (χ1v) is 9.20. The van der Waals surface area contributed by atoms with Crippen molar-refractivity contribution in [2.45, 2.75) is 45.8 Å². The predicted octanol–water partition coefficient (Wildman–Crippen LogP) is 1.98. The van der Waals surface area contributed by atoms with E-state index in [1.807, 2.05) is 33.8 Å². The Morgan fingerprint density at radius 1 is 1.27 bits per heavy atom. The number of amides is 1. The Kier molecular flexibility index (Phi) is 6.28. The Hall–Kier alpha value is -1.68. The molecule has 0 aromatic carbocycles. The van der Waals surface area contributed by atoms with E-state index in [0.29, 0.717) is 16.9 Å². The van der Waals surface area contributed by atoms with E-state index < -0.39 is 24.2 Å². The Balaban J connectivity index is 2.35. The molecule has 2 rings (SSSR count). The molecule has 0 bridgehead atoms. The summed E-state index contributed by atoms with van der Waals surface area (Å²) in [6, 6.07) is 1.67. The van der Waals surface area contributed by atoms with Gasteiger partial charge in [0.25, 0.3) is 5.91 Å². The van der Waals surface area contributed by atoms with Gasteiger partial charge in [-0.05, 0) is 44.8 Å². The van der Waals surface area contributed by atoms with Crippen LogP contribution in [0.15, 0.2) is 23.9 Å². The van der Waals surface area contributed by atoms with Crippen molar-refractivity contribution in [2.75, 3.05) is 5.75 Å². The van der Waals surface area contributed by atoms with Gasteiger partial charge in [-0.25, -0.2) is 5.84 Å². The highest BCUT2D eigenvalue weighted by molar-refractivity contribution is 8.13. The monoisotopic (exact) mass is 377 g/mol. The van der Waals surface area contributed by atoms with Crippen molar-refractivity contribution in [1.29, 1.82) is 0 Å². The average molecular weight is 377 g/mol. The van der Waals surface area contributed by atoms with Gasteiger partial charge in [0.15, 0.2) is 5.12 Å². The van der Waals surface area contributed by atoms with E-state index in [1.165, 1.54) is 24.9 Å². The zero-order valence-electron chi connectivity index (χ0n) is 15.7. The molecule has 1 aromatic rings. The van der Waals surface area contributed by atoms with Gasteiger partial charge in [-0.1, -0.05) is 17.8 Å². The minimum atomic E-state index is -0.584. The molecule has 9 heteroatoms. The second-order valence-electron chi connectivity index (χ2n) is 7.07. The highest BCUT2D eigenvalue weighted by Crippen LogP contribution is 2.39. The SMILES string of the molecule is CC(=O)SCC(=Cc1cncc(C(=O)NN)c1)B1OC(C)(C)C(C)(C)O1. The molecule has 0 atom stereocenters. The summed E-state index contributed by atoms with van der Waals surface area (Å²) in [6.07, 6.45) is 4.88. The number of pyridine rings is 1. The first kappa shape index (κ1) is 20.6. The summed E-state index contributed by atoms with van der Waals surface area (Å²) in [7, 11) is -0.584. The van der Waals surface area contributed by atoms with Crippen LogP contribution in [0.3, 0.4) is 0 Å². The number of rotatable bonds is 5. The smallest absolute Gasteiger partial charge is 0.400 e. The number of thioether (sulfide) groups is 1. The Labute approximate surface area is 158 Å². The summed E-state index contributed by atoms with van der Waals surface area (Å²) >= 11 is 1.17. The number of nitrogen functional groups attached to an aromatic ring is 1. The van der Waals surface area contributed by atoms with Gasteiger partial charge < -0.3 is 9.31 Å². The van der Waals surface area contributed by atoms with E-state index in [1.54, 1.807) is 12.3 Å². The van der Waals surface area contributed by atoms with Crippen LogP contribution in [0.1, 0.15) is 50.5 Å². The fourth-order valence-electron chi connectivity index (χ4n) is 2.32. The summed E-state index contributed by atoms with van der Waals surface area (Å²) < 4.78 is 12.2. The molecule has 0 aliphatic carbocycles. The summed E-state index contributed by atoms with van der Waals surface area (Å²) in [4.78, 5) is 27.2. The highest BCUT2D eigenvalue weighted by Gasteiger charge is 2.52. The van der Waals surface area contributed by atoms with Gasteiger partial charge in [0, 0.05) is 25.1 Å². The van der Waals surface area contributed by atoms with Gasteiger partial charge in [0.2, 0.25) is 0 Å². The third-order valence-electron chi connectivity index (χ3n) is 4.50. The molecule has 2 heterocycles. The van der Waals surface area contributed by atoms with Crippen molar-refractivity contribution < 1.29 is 18.9 Å². The third kappa shape index (κ3) is 4.73. The zero-order chi connectivity index (χ0) is 19.5. The second-order valence-corrected chi connectivity index (χ2v) is 8.22. The fraction of sp³-hybridized carbons (Fsp3) is 0.471. The van der Waals surface area contributed by atoms with E-state index in [4.69, 9.17) is 15.2 Å². The number of hydrogen-bond donors (Lipinski definition) is 2. The first-order chi connectivity index (χ1) is 12.1. The standard InChI is InChI=1S/C17H24BN3O4S/c1-11(22)26-10-14(18-24-16(2,3)17(4,5)25-18)7-12-6-13(9-20-8-12)15(23)21-19/h6-9H,10,19H2,1-5H3,(H,21,23). The lowest BCUT2D eigenvalue weighted by molar-refractivity contribution is -0.109. The summed E-state index contributed by atoms with van der Waals surface area (Å²) in [6.45, 7) is 9.39.